The predicted octanol–water partition coefficient (Wildman–Crippen LogP) is 3.13. The highest BCUT2D eigenvalue weighted by molar-refractivity contribution is 6.57. The molecule has 0 aliphatic heterocycles. The van der Waals surface area contributed by atoms with E-state index in [1.807, 2.05) is 18.2 Å². The van der Waals surface area contributed by atoms with Gasteiger partial charge in [0.15, 0.2) is 5.58 Å². The van der Waals surface area contributed by atoms with Crippen LogP contribution < -0.4 is 5.66 Å². The molecule has 2 heterocycles. The minimum absolute atomic E-state index is 0.0203. The average molecular weight is 330 g/mol. The highest BCUT2D eigenvalue weighted by Crippen LogP contribution is 2.31. The van der Waals surface area contributed by atoms with Crippen LogP contribution in [0.2, 0.25) is 5.02 Å². The Bertz CT molecular complexity index is 868. The standard InChI is InChI=1S/C17H17BClNO3/c1-17(2,3)12-4-10(5-13(19)8-12)14-6-11-7-16(18(21)22)23-15(11)9-20-14/h4-9,21-22H,1-3H3. The van der Waals surface area contributed by atoms with Crippen molar-refractivity contribution in [1.29, 1.82) is 0 Å². The number of hydrogen-bond acceptors (Lipinski definition) is 4. The first-order valence-corrected chi connectivity index (χ1v) is 7.69. The highest BCUT2D eigenvalue weighted by Gasteiger charge is 2.19. The summed E-state index contributed by atoms with van der Waals surface area (Å²) in [6.45, 7) is 6.39. The van der Waals surface area contributed by atoms with Gasteiger partial charge in [-0.15, -0.1) is 0 Å². The summed E-state index contributed by atoms with van der Waals surface area (Å²) in [4.78, 5) is 4.40. The zero-order valence-corrected chi connectivity index (χ0v) is 13.9. The largest absolute Gasteiger partial charge is 0.526 e. The zero-order chi connectivity index (χ0) is 16.8. The van der Waals surface area contributed by atoms with Gasteiger partial charge in [-0.05, 0) is 41.3 Å². The minimum Gasteiger partial charge on any atom is -0.463 e. The van der Waals surface area contributed by atoms with Gasteiger partial charge in [0, 0.05) is 16.0 Å². The van der Waals surface area contributed by atoms with Crippen LogP contribution in [0.15, 0.2) is 40.9 Å². The maximum atomic E-state index is 9.20. The van der Waals surface area contributed by atoms with Crippen molar-refractivity contribution in [2.24, 2.45) is 0 Å². The molecular weight excluding hydrogens is 312 g/mol. The Hall–Kier alpha value is -1.82. The molecule has 23 heavy (non-hydrogen) atoms. The van der Waals surface area contributed by atoms with E-state index in [0.29, 0.717) is 10.6 Å². The van der Waals surface area contributed by atoms with Crippen molar-refractivity contribution in [2.45, 2.75) is 26.2 Å². The van der Waals surface area contributed by atoms with E-state index >= 15 is 0 Å². The van der Waals surface area contributed by atoms with Crippen LogP contribution in [0, 0.1) is 0 Å². The number of fused-ring (bicyclic) bond motifs is 1. The van der Waals surface area contributed by atoms with Crippen molar-refractivity contribution in [1.82, 2.24) is 4.98 Å². The van der Waals surface area contributed by atoms with Crippen molar-refractivity contribution >= 4 is 35.3 Å². The van der Waals surface area contributed by atoms with Crippen LogP contribution in [0.1, 0.15) is 26.3 Å². The molecule has 6 heteroatoms. The van der Waals surface area contributed by atoms with Crippen LogP contribution in [0.25, 0.3) is 22.2 Å². The molecule has 118 valence electrons. The lowest BCUT2D eigenvalue weighted by Gasteiger charge is -2.20. The van der Waals surface area contributed by atoms with Gasteiger partial charge in [0.05, 0.1) is 11.9 Å². The molecule has 0 aliphatic carbocycles. The molecule has 0 fully saturated rings. The third kappa shape index (κ3) is 3.27. The minimum atomic E-state index is -1.63. The second-order valence-corrected chi connectivity index (χ2v) is 7.04. The number of halogens is 1. The molecule has 0 atom stereocenters. The van der Waals surface area contributed by atoms with Gasteiger partial charge in [-0.3, -0.25) is 4.98 Å². The molecule has 3 aromatic rings. The van der Waals surface area contributed by atoms with Crippen molar-refractivity contribution in [2.75, 3.05) is 0 Å². The highest BCUT2D eigenvalue weighted by atomic mass is 35.5. The molecule has 0 radical (unpaired) electrons. The summed E-state index contributed by atoms with van der Waals surface area (Å²) in [5, 5.41) is 19.8. The average Bonchev–Trinajstić information content (AvgIpc) is 2.88. The van der Waals surface area contributed by atoms with E-state index < -0.39 is 7.12 Å². The van der Waals surface area contributed by atoms with Crippen molar-refractivity contribution in [3.63, 3.8) is 0 Å². The summed E-state index contributed by atoms with van der Waals surface area (Å²) in [6, 6.07) is 9.35. The molecule has 0 aliphatic rings. The fourth-order valence-corrected chi connectivity index (χ4v) is 2.66. The second kappa shape index (κ2) is 5.67. The number of benzene rings is 1. The molecule has 3 rings (SSSR count). The molecule has 0 bridgehead atoms. The van der Waals surface area contributed by atoms with E-state index in [1.165, 1.54) is 0 Å². The van der Waals surface area contributed by atoms with Crippen LogP contribution in [0.3, 0.4) is 0 Å². The number of pyridine rings is 1. The van der Waals surface area contributed by atoms with Gasteiger partial charge in [0.25, 0.3) is 0 Å². The Labute approximate surface area is 139 Å². The Kier molecular flexibility index (Phi) is 3.96. The maximum Gasteiger partial charge on any atom is 0.526 e. The van der Waals surface area contributed by atoms with Gasteiger partial charge in [0.1, 0.15) is 5.66 Å². The van der Waals surface area contributed by atoms with E-state index in [-0.39, 0.29) is 11.1 Å². The fraction of sp³-hybridized carbons (Fsp3) is 0.235. The normalized spacial score (nSPS) is 11.9. The topological polar surface area (TPSA) is 66.5 Å². The molecular formula is C17H17BClNO3. The molecule has 4 nitrogen and oxygen atoms in total. The first kappa shape index (κ1) is 16.1. The Morgan fingerprint density at radius 1 is 1.09 bits per heavy atom. The molecule has 0 saturated carbocycles. The van der Waals surface area contributed by atoms with Crippen molar-refractivity contribution < 1.29 is 14.5 Å². The third-order valence-electron chi connectivity index (χ3n) is 3.74. The van der Waals surface area contributed by atoms with Gasteiger partial charge < -0.3 is 14.5 Å². The molecule has 0 amide bonds. The number of nitrogens with zero attached hydrogens (tertiary/aromatic N) is 1. The summed E-state index contributed by atoms with van der Waals surface area (Å²) in [5.41, 5.74) is 3.38. The smallest absolute Gasteiger partial charge is 0.463 e. The monoisotopic (exact) mass is 329 g/mol. The number of aromatic nitrogens is 1. The number of furan rings is 1. The summed E-state index contributed by atoms with van der Waals surface area (Å²) < 4.78 is 5.33. The summed E-state index contributed by atoms with van der Waals surface area (Å²) >= 11 is 6.26. The maximum absolute atomic E-state index is 9.20. The molecule has 0 unspecified atom stereocenters. The quantitative estimate of drug-likeness (QED) is 0.709. The molecule has 0 spiro atoms. The van der Waals surface area contributed by atoms with E-state index in [2.05, 4.69) is 31.8 Å². The van der Waals surface area contributed by atoms with Gasteiger partial charge >= 0.3 is 7.12 Å². The Morgan fingerprint density at radius 3 is 2.48 bits per heavy atom. The lowest BCUT2D eigenvalue weighted by Crippen LogP contribution is -2.27. The molecule has 0 saturated heterocycles. The second-order valence-electron chi connectivity index (χ2n) is 6.61. The lowest BCUT2D eigenvalue weighted by atomic mass is 9.86. The molecule has 2 N–H and O–H groups in total. The summed E-state index contributed by atoms with van der Waals surface area (Å²) in [5.74, 6) is 0. The lowest BCUT2D eigenvalue weighted by molar-refractivity contribution is 0.412. The van der Waals surface area contributed by atoms with Crippen LogP contribution in [-0.4, -0.2) is 22.2 Å². The van der Waals surface area contributed by atoms with Gasteiger partial charge in [-0.2, -0.15) is 0 Å². The predicted molar refractivity (Wildman–Crippen MR) is 93.0 cm³/mol. The van der Waals surface area contributed by atoms with Crippen molar-refractivity contribution in [3.8, 4) is 11.3 Å². The van der Waals surface area contributed by atoms with Crippen LogP contribution >= 0.6 is 11.6 Å². The number of hydrogen-bond donors (Lipinski definition) is 2. The fourth-order valence-electron chi connectivity index (χ4n) is 2.42. The Balaban J connectivity index is 2.11. The van der Waals surface area contributed by atoms with E-state index in [4.69, 9.17) is 16.0 Å². The van der Waals surface area contributed by atoms with Crippen molar-refractivity contribution in [3.05, 3.63) is 47.1 Å². The van der Waals surface area contributed by atoms with E-state index in [1.54, 1.807) is 12.3 Å². The first-order valence-electron chi connectivity index (χ1n) is 7.31. The van der Waals surface area contributed by atoms with E-state index in [0.717, 1.165) is 22.2 Å². The van der Waals surface area contributed by atoms with Gasteiger partial charge in [0.2, 0.25) is 0 Å². The van der Waals surface area contributed by atoms with E-state index in [9.17, 15) is 10.0 Å². The molecule has 2 aromatic heterocycles. The van der Waals surface area contributed by atoms with Crippen LogP contribution in [-0.2, 0) is 5.41 Å². The third-order valence-corrected chi connectivity index (χ3v) is 3.96. The van der Waals surface area contributed by atoms with Crippen LogP contribution in [0.5, 0.6) is 0 Å². The first-order chi connectivity index (χ1) is 10.7. The Morgan fingerprint density at radius 2 is 1.83 bits per heavy atom. The SMILES string of the molecule is CC(C)(C)c1cc(Cl)cc(-c2cc3cc(B(O)O)oc3cn2)c1. The van der Waals surface area contributed by atoms with Gasteiger partial charge in [-0.25, -0.2) is 0 Å². The molecule has 1 aromatic carbocycles. The summed E-state index contributed by atoms with van der Waals surface area (Å²) in [6.07, 6.45) is 1.58. The zero-order valence-electron chi connectivity index (χ0n) is 13.2. The van der Waals surface area contributed by atoms with Gasteiger partial charge in [-0.1, -0.05) is 32.4 Å². The number of rotatable bonds is 2. The summed E-state index contributed by atoms with van der Waals surface area (Å²) in [7, 11) is -1.63. The van der Waals surface area contributed by atoms with Crippen LogP contribution in [0.4, 0.5) is 0 Å².